The van der Waals surface area contributed by atoms with Crippen molar-refractivity contribution in [2.75, 3.05) is 6.54 Å². The topological polar surface area (TPSA) is 31.2 Å². The Balaban J connectivity index is 1.64. The lowest BCUT2D eigenvalue weighted by atomic mass is 9.82. The summed E-state index contributed by atoms with van der Waals surface area (Å²) in [6, 6.07) is 9.29. The van der Waals surface area contributed by atoms with Crippen LogP contribution in [0.2, 0.25) is 0 Å². The van der Waals surface area contributed by atoms with Gasteiger partial charge in [-0.15, -0.1) is 0 Å². The summed E-state index contributed by atoms with van der Waals surface area (Å²) in [6.45, 7) is 0.685. The van der Waals surface area contributed by atoms with Gasteiger partial charge >= 0.3 is 0 Å². The van der Waals surface area contributed by atoms with E-state index < -0.39 is 0 Å². The van der Waals surface area contributed by atoms with Crippen molar-refractivity contribution < 1.29 is 4.79 Å². The number of carbonyl (C=O) groups excluding carboxylic acids is 1. The monoisotopic (exact) mass is 216 g/mol. The Bertz CT molecular complexity index is 330. The lowest BCUT2D eigenvalue weighted by Gasteiger charge is -2.24. The molecule has 0 saturated heterocycles. The molecular weight excluding hydrogens is 198 g/mol. The summed E-state index contributed by atoms with van der Waals surface area (Å²) in [4.78, 5) is 11.6. The highest BCUT2D eigenvalue weighted by Crippen LogP contribution is 2.30. The molecular formula is C14H18NO. The minimum Gasteiger partial charge on any atom is -0.267 e. The van der Waals surface area contributed by atoms with Gasteiger partial charge in [0, 0.05) is 12.1 Å². The van der Waals surface area contributed by atoms with Crippen molar-refractivity contribution in [3.05, 3.63) is 35.9 Å². The number of benzene rings is 1. The molecule has 0 N–H and O–H groups in total. The summed E-state index contributed by atoms with van der Waals surface area (Å²) in [6.07, 6.45) is 6.46. The lowest BCUT2D eigenvalue weighted by Crippen LogP contribution is -2.18. The van der Waals surface area contributed by atoms with Crippen LogP contribution in [-0.2, 0) is 0 Å². The fourth-order valence-electron chi connectivity index (χ4n) is 2.01. The van der Waals surface area contributed by atoms with Crippen LogP contribution in [-0.4, -0.2) is 12.5 Å². The predicted octanol–water partition coefficient (Wildman–Crippen LogP) is 3.01. The molecule has 0 aliphatic heterocycles. The van der Waals surface area contributed by atoms with Gasteiger partial charge < -0.3 is 0 Å². The summed E-state index contributed by atoms with van der Waals surface area (Å²) < 4.78 is 0. The van der Waals surface area contributed by atoms with E-state index in [0.717, 1.165) is 12.3 Å². The van der Waals surface area contributed by atoms with Gasteiger partial charge in [-0.3, -0.25) is 4.79 Å². The average molecular weight is 216 g/mol. The molecule has 16 heavy (non-hydrogen) atoms. The Morgan fingerprint density at radius 3 is 2.62 bits per heavy atom. The van der Waals surface area contributed by atoms with Crippen molar-refractivity contribution in [3.8, 4) is 0 Å². The highest BCUT2D eigenvalue weighted by molar-refractivity contribution is 5.93. The molecule has 2 nitrogen and oxygen atoms in total. The normalized spacial score (nSPS) is 15.5. The Kier molecular flexibility index (Phi) is 3.97. The minimum atomic E-state index is -0.0748. The maximum atomic E-state index is 11.6. The van der Waals surface area contributed by atoms with Crippen molar-refractivity contribution in [2.24, 2.45) is 5.92 Å². The number of amides is 1. The minimum absolute atomic E-state index is 0.0748. The van der Waals surface area contributed by atoms with Gasteiger partial charge in [-0.25, -0.2) is 5.32 Å². The van der Waals surface area contributed by atoms with E-state index in [0.29, 0.717) is 12.1 Å². The first-order valence-corrected chi connectivity index (χ1v) is 6.13. The summed E-state index contributed by atoms with van der Waals surface area (Å²) >= 11 is 0. The van der Waals surface area contributed by atoms with Gasteiger partial charge in [-0.05, 0) is 30.9 Å². The van der Waals surface area contributed by atoms with E-state index in [1.165, 1.54) is 25.7 Å². The van der Waals surface area contributed by atoms with Crippen molar-refractivity contribution in [2.45, 2.75) is 32.1 Å². The van der Waals surface area contributed by atoms with Gasteiger partial charge in [0.05, 0.1) is 0 Å². The first kappa shape index (κ1) is 11.2. The molecule has 2 heteroatoms. The standard InChI is InChI=1S/C14H18NO/c16-14(13-9-2-1-3-10-13)15-11-5-8-12-6-4-7-12/h1-3,9-10,12H,4-8,11H2. The van der Waals surface area contributed by atoms with Crippen molar-refractivity contribution in [3.63, 3.8) is 0 Å². The summed E-state index contributed by atoms with van der Waals surface area (Å²) in [5.74, 6) is 0.844. The maximum absolute atomic E-state index is 11.6. The number of rotatable bonds is 5. The molecule has 2 rings (SSSR count). The first-order chi connectivity index (χ1) is 7.86. The molecule has 1 aliphatic carbocycles. The van der Waals surface area contributed by atoms with Crippen molar-refractivity contribution >= 4 is 5.91 Å². The predicted molar refractivity (Wildman–Crippen MR) is 64.3 cm³/mol. The van der Waals surface area contributed by atoms with Crippen LogP contribution < -0.4 is 5.32 Å². The Labute approximate surface area is 97.1 Å². The van der Waals surface area contributed by atoms with Crippen molar-refractivity contribution in [1.82, 2.24) is 5.32 Å². The third kappa shape index (κ3) is 3.09. The number of hydrogen-bond acceptors (Lipinski definition) is 1. The number of carbonyl (C=O) groups is 1. The van der Waals surface area contributed by atoms with E-state index in [9.17, 15) is 4.79 Å². The molecule has 1 aromatic rings. The van der Waals surface area contributed by atoms with E-state index in [4.69, 9.17) is 0 Å². The van der Waals surface area contributed by atoms with Gasteiger partial charge in [0.15, 0.2) is 0 Å². The van der Waals surface area contributed by atoms with Crippen LogP contribution in [0.5, 0.6) is 0 Å². The average Bonchev–Trinajstić information content (AvgIpc) is 2.27. The second-order valence-corrected chi connectivity index (χ2v) is 4.49. The Hall–Kier alpha value is -1.31. The van der Waals surface area contributed by atoms with E-state index in [1.807, 2.05) is 30.3 Å². The quantitative estimate of drug-likeness (QED) is 0.696. The van der Waals surface area contributed by atoms with Gasteiger partial charge in [0.1, 0.15) is 0 Å². The zero-order valence-corrected chi connectivity index (χ0v) is 9.56. The molecule has 0 heterocycles. The van der Waals surface area contributed by atoms with Crippen LogP contribution in [0.3, 0.4) is 0 Å². The fraction of sp³-hybridized carbons (Fsp3) is 0.500. The van der Waals surface area contributed by atoms with Crippen molar-refractivity contribution in [1.29, 1.82) is 0 Å². The summed E-state index contributed by atoms with van der Waals surface area (Å²) in [5.41, 5.74) is 0.700. The van der Waals surface area contributed by atoms with Gasteiger partial charge in [0.2, 0.25) is 0 Å². The summed E-state index contributed by atoms with van der Waals surface area (Å²) in [5, 5.41) is 4.09. The molecule has 0 unspecified atom stereocenters. The van der Waals surface area contributed by atoms with E-state index in [1.54, 1.807) is 0 Å². The third-order valence-electron chi connectivity index (χ3n) is 3.27. The molecule has 1 saturated carbocycles. The second kappa shape index (κ2) is 5.69. The zero-order chi connectivity index (χ0) is 11.2. The molecule has 0 spiro atoms. The fourth-order valence-corrected chi connectivity index (χ4v) is 2.01. The zero-order valence-electron chi connectivity index (χ0n) is 9.56. The van der Waals surface area contributed by atoms with Crippen LogP contribution in [0.25, 0.3) is 0 Å². The Morgan fingerprint density at radius 1 is 1.25 bits per heavy atom. The number of nitrogens with zero attached hydrogens (tertiary/aromatic N) is 1. The first-order valence-electron chi connectivity index (χ1n) is 6.13. The maximum Gasteiger partial charge on any atom is 0.272 e. The van der Waals surface area contributed by atoms with Crippen LogP contribution in [0.15, 0.2) is 30.3 Å². The molecule has 1 fully saturated rings. The van der Waals surface area contributed by atoms with Crippen LogP contribution in [0.4, 0.5) is 0 Å². The summed E-state index contributed by atoms with van der Waals surface area (Å²) in [7, 11) is 0. The molecule has 0 aromatic heterocycles. The van der Waals surface area contributed by atoms with Crippen LogP contribution in [0, 0.1) is 5.92 Å². The van der Waals surface area contributed by atoms with Crippen LogP contribution in [0.1, 0.15) is 42.5 Å². The Morgan fingerprint density at radius 2 is 2.00 bits per heavy atom. The molecule has 85 valence electrons. The SMILES string of the molecule is O=C([N]CCCC1CCC1)c1ccccc1. The highest BCUT2D eigenvalue weighted by atomic mass is 16.1. The largest absolute Gasteiger partial charge is 0.272 e. The molecule has 1 aromatic carbocycles. The molecule has 0 atom stereocenters. The second-order valence-electron chi connectivity index (χ2n) is 4.49. The van der Waals surface area contributed by atoms with Gasteiger partial charge in [-0.2, -0.15) is 0 Å². The van der Waals surface area contributed by atoms with Gasteiger partial charge in [-0.1, -0.05) is 37.5 Å². The molecule has 1 radical (unpaired) electrons. The number of hydrogen-bond donors (Lipinski definition) is 0. The third-order valence-corrected chi connectivity index (χ3v) is 3.27. The van der Waals surface area contributed by atoms with E-state index >= 15 is 0 Å². The molecule has 1 aliphatic rings. The lowest BCUT2D eigenvalue weighted by molar-refractivity contribution is 0.0947. The van der Waals surface area contributed by atoms with Gasteiger partial charge in [0.25, 0.3) is 5.91 Å². The molecule has 0 bridgehead atoms. The highest BCUT2D eigenvalue weighted by Gasteiger charge is 2.16. The van der Waals surface area contributed by atoms with E-state index in [-0.39, 0.29) is 5.91 Å². The van der Waals surface area contributed by atoms with Crippen LogP contribution >= 0.6 is 0 Å². The smallest absolute Gasteiger partial charge is 0.267 e. The molecule has 1 amide bonds. The van der Waals surface area contributed by atoms with E-state index in [2.05, 4.69) is 5.32 Å².